The van der Waals surface area contributed by atoms with Gasteiger partial charge in [-0.05, 0) is 45.8 Å². The third kappa shape index (κ3) is 4.55. The molecule has 2 aromatic carbocycles. The van der Waals surface area contributed by atoms with Gasteiger partial charge >= 0.3 is 6.09 Å². The van der Waals surface area contributed by atoms with Crippen LogP contribution in [0.3, 0.4) is 0 Å². The number of carbonyl (C=O) groups excluding carboxylic acids is 1. The first-order valence-corrected chi connectivity index (χ1v) is 6.15. The van der Waals surface area contributed by atoms with Crippen molar-refractivity contribution in [2.24, 2.45) is 0 Å². The third-order valence-corrected chi connectivity index (χ3v) is 3.15. The minimum absolute atomic E-state index is 0. The Morgan fingerprint density at radius 2 is 1.60 bits per heavy atom. The number of anilines is 3. The molecule has 0 aliphatic carbocycles. The Hall–Kier alpha value is -0.956. The molecule has 0 aliphatic heterocycles. The number of benzene rings is 2. The summed E-state index contributed by atoms with van der Waals surface area (Å²) in [5.41, 5.74) is 2.71. The number of hydrogen-bond acceptors (Lipinski definition) is 3. The molecule has 0 saturated carbocycles. The molecule has 0 fully saturated rings. The van der Waals surface area contributed by atoms with E-state index in [4.69, 9.17) is 0 Å². The Morgan fingerprint density at radius 1 is 1.05 bits per heavy atom. The van der Waals surface area contributed by atoms with Crippen LogP contribution in [0.25, 0.3) is 0 Å². The summed E-state index contributed by atoms with van der Waals surface area (Å²) in [6.45, 7) is 0. The number of rotatable bonds is 3. The van der Waals surface area contributed by atoms with Gasteiger partial charge < -0.3 is 9.41 Å². The van der Waals surface area contributed by atoms with Gasteiger partial charge in [0.25, 0.3) is 0 Å². The number of nitrogens with one attached hydrogen (secondary N) is 1. The predicted octanol–water partition coefficient (Wildman–Crippen LogP) is 3.95. The van der Waals surface area contributed by atoms with Crippen LogP contribution in [-0.4, -0.2) is 6.09 Å². The quantitative estimate of drug-likeness (QED) is 0.664. The van der Waals surface area contributed by atoms with E-state index in [2.05, 4.69) is 26.6 Å². The van der Waals surface area contributed by atoms with Gasteiger partial charge in [0.05, 0.1) is 0 Å². The maximum atomic E-state index is 11.0. The molecular formula is C14H14N2O2PY-. The zero-order valence-electron chi connectivity index (χ0n) is 10.8. The topological polar surface area (TPSA) is 41.6 Å². The van der Waals surface area contributed by atoms with Crippen LogP contribution >= 0.6 is 9.39 Å². The first kappa shape index (κ1) is 17.1. The van der Waals surface area contributed by atoms with Crippen molar-refractivity contribution in [2.45, 2.75) is 0 Å². The van der Waals surface area contributed by atoms with Crippen LogP contribution in [0.4, 0.5) is 21.9 Å². The van der Waals surface area contributed by atoms with Gasteiger partial charge in [-0.15, -0.1) is 0 Å². The predicted molar refractivity (Wildman–Crippen MR) is 80.2 cm³/mol. The summed E-state index contributed by atoms with van der Waals surface area (Å²) in [6.07, 6.45) is -0.585. The molecule has 0 bridgehead atoms. The molecule has 101 valence electrons. The summed E-state index contributed by atoms with van der Waals surface area (Å²) < 4.78 is 6.26. The first-order chi connectivity index (χ1) is 9.20. The van der Waals surface area contributed by atoms with Gasteiger partial charge in [0.15, 0.2) is 0 Å². The molecule has 1 N–H and O–H groups in total. The van der Waals surface area contributed by atoms with Crippen molar-refractivity contribution in [3.8, 4) is 0 Å². The van der Waals surface area contributed by atoms with Crippen LogP contribution in [0, 0.1) is 7.11 Å². The maximum absolute atomic E-state index is 11.0. The summed E-state index contributed by atoms with van der Waals surface area (Å²) in [5, 5.41) is 2.55. The van der Waals surface area contributed by atoms with Crippen LogP contribution in [0.1, 0.15) is 0 Å². The first-order valence-electron chi connectivity index (χ1n) is 5.63. The number of amides is 1. The van der Waals surface area contributed by atoms with Gasteiger partial charge in [-0.1, -0.05) is 18.2 Å². The fraction of sp³-hybridized carbons (Fsp3) is 0. The SMILES string of the molecule is [CH2-]OC(=O)Nc1ccc(N(P)c2ccccc2)cc1.[Y]. The summed E-state index contributed by atoms with van der Waals surface area (Å²) in [6, 6.07) is 17.4. The molecule has 2 rings (SSSR count). The molecule has 0 aliphatic rings. The average molecular weight is 362 g/mol. The van der Waals surface area contributed by atoms with Crippen molar-refractivity contribution in [1.82, 2.24) is 0 Å². The Balaban J connectivity index is 0.00000200. The van der Waals surface area contributed by atoms with Crippen LogP contribution < -0.4 is 9.99 Å². The molecule has 1 unspecified atom stereocenters. The largest absolute Gasteiger partial charge is 0.624 e. The Kier molecular flexibility index (Phi) is 7.14. The number of para-hydroxylation sites is 1. The van der Waals surface area contributed by atoms with E-state index in [0.29, 0.717) is 5.69 Å². The van der Waals surface area contributed by atoms with E-state index in [0.717, 1.165) is 11.4 Å². The molecule has 1 radical (unpaired) electrons. The van der Waals surface area contributed by atoms with Crippen molar-refractivity contribution < 1.29 is 42.2 Å². The second-order valence-corrected chi connectivity index (χ2v) is 4.33. The molecule has 20 heavy (non-hydrogen) atoms. The van der Waals surface area contributed by atoms with E-state index in [1.807, 2.05) is 47.1 Å². The molecule has 0 heterocycles. The summed E-state index contributed by atoms with van der Waals surface area (Å²) in [4.78, 5) is 11.0. The minimum Gasteiger partial charge on any atom is -0.624 e. The summed E-state index contributed by atoms with van der Waals surface area (Å²) >= 11 is 0. The van der Waals surface area contributed by atoms with Gasteiger partial charge in [0.2, 0.25) is 0 Å². The monoisotopic (exact) mass is 362 g/mol. The van der Waals surface area contributed by atoms with Crippen molar-refractivity contribution >= 4 is 32.5 Å². The Morgan fingerprint density at radius 3 is 2.15 bits per heavy atom. The van der Waals surface area contributed by atoms with Crippen LogP contribution in [0.2, 0.25) is 0 Å². The standard InChI is InChI=1S/C14H14N2O2P.Y/c1-18-14(17)15-11-7-9-13(10-8-11)16(19)12-5-3-2-4-6-12;/h2-10H,1,19H2,(H,15,17);/q-1;. The average Bonchev–Trinajstić information content (AvgIpc) is 2.48. The van der Waals surface area contributed by atoms with E-state index in [-0.39, 0.29) is 32.7 Å². The van der Waals surface area contributed by atoms with Crippen LogP contribution in [0.5, 0.6) is 0 Å². The molecule has 0 spiro atoms. The van der Waals surface area contributed by atoms with Gasteiger partial charge in [-0.3, -0.25) is 5.32 Å². The van der Waals surface area contributed by atoms with Gasteiger partial charge in [0.1, 0.15) is 0 Å². The number of carbonyl (C=O) groups is 1. The van der Waals surface area contributed by atoms with Crippen LogP contribution in [0.15, 0.2) is 54.6 Å². The fourth-order valence-corrected chi connectivity index (χ4v) is 1.94. The molecule has 4 nitrogen and oxygen atoms in total. The molecule has 2 aromatic rings. The van der Waals surface area contributed by atoms with E-state index >= 15 is 0 Å². The molecule has 1 amide bonds. The minimum atomic E-state index is -0.585. The third-order valence-electron chi connectivity index (χ3n) is 2.56. The van der Waals surface area contributed by atoms with E-state index in [9.17, 15) is 4.79 Å². The summed E-state index contributed by atoms with van der Waals surface area (Å²) in [5.74, 6) is 0. The second kappa shape index (κ2) is 8.36. The smallest absolute Gasteiger partial charge is 0.379 e. The number of ether oxygens (including phenoxy) is 1. The molecular weight excluding hydrogens is 348 g/mol. The summed E-state index contributed by atoms with van der Waals surface area (Å²) in [7, 11) is 5.70. The zero-order valence-corrected chi connectivity index (χ0v) is 14.8. The fourth-order valence-electron chi connectivity index (χ4n) is 1.60. The molecule has 0 saturated heterocycles. The Bertz CT molecular complexity index is 549. The molecule has 6 heteroatoms. The zero-order chi connectivity index (χ0) is 13.7. The molecule has 1 atom stereocenters. The van der Waals surface area contributed by atoms with Gasteiger partial charge in [-0.2, -0.15) is 7.11 Å². The van der Waals surface area contributed by atoms with E-state index in [1.165, 1.54) is 0 Å². The normalized spacial score (nSPS) is 9.30. The second-order valence-electron chi connectivity index (χ2n) is 3.81. The Labute approximate surface area is 146 Å². The van der Waals surface area contributed by atoms with Gasteiger partial charge in [0, 0.05) is 49.8 Å². The van der Waals surface area contributed by atoms with Crippen LogP contribution in [-0.2, 0) is 37.4 Å². The number of hydrogen-bond donors (Lipinski definition) is 1. The van der Waals surface area contributed by atoms with E-state index in [1.54, 1.807) is 12.1 Å². The van der Waals surface area contributed by atoms with Crippen molar-refractivity contribution in [3.05, 3.63) is 61.7 Å². The van der Waals surface area contributed by atoms with Gasteiger partial charge in [-0.25, -0.2) is 4.79 Å². The number of nitrogens with zero attached hydrogens (tertiary/aromatic N) is 1. The maximum Gasteiger partial charge on any atom is 0.379 e. The molecule has 0 aromatic heterocycles. The van der Waals surface area contributed by atoms with E-state index < -0.39 is 6.09 Å². The van der Waals surface area contributed by atoms with Crippen molar-refractivity contribution in [1.29, 1.82) is 0 Å². The van der Waals surface area contributed by atoms with Crippen molar-refractivity contribution in [2.75, 3.05) is 9.99 Å². The van der Waals surface area contributed by atoms with Crippen molar-refractivity contribution in [3.63, 3.8) is 0 Å².